The van der Waals surface area contributed by atoms with Gasteiger partial charge in [-0.15, -0.1) is 0 Å². The van der Waals surface area contributed by atoms with Crippen molar-refractivity contribution < 1.29 is 9.53 Å². The summed E-state index contributed by atoms with van der Waals surface area (Å²) in [7, 11) is 0. The van der Waals surface area contributed by atoms with Gasteiger partial charge >= 0.3 is 0 Å². The van der Waals surface area contributed by atoms with E-state index in [0.717, 1.165) is 32.2 Å². The topological polar surface area (TPSA) is 50.4 Å². The Bertz CT molecular complexity index is 259. The second-order valence-electron chi connectivity index (χ2n) is 5.49. The van der Waals surface area contributed by atoms with Crippen LogP contribution in [0.1, 0.15) is 51.9 Å². The summed E-state index contributed by atoms with van der Waals surface area (Å²) in [5.41, 5.74) is 0. The molecule has 2 saturated carbocycles. The molecule has 0 aromatic heterocycles. The largest absolute Gasteiger partial charge is 0.378 e. The van der Waals surface area contributed by atoms with Crippen LogP contribution < -0.4 is 10.6 Å². The van der Waals surface area contributed by atoms with Crippen LogP contribution in [0.3, 0.4) is 0 Å². The highest BCUT2D eigenvalue weighted by Crippen LogP contribution is 2.21. The molecule has 0 bridgehead atoms. The number of amides is 1. The maximum Gasteiger partial charge on any atom is 0.222 e. The maximum atomic E-state index is 11.5. The number of rotatable bonds is 7. The fourth-order valence-electron chi connectivity index (χ4n) is 2.57. The average Bonchev–Trinajstić information content (AvgIpc) is 3.16. The summed E-state index contributed by atoms with van der Waals surface area (Å²) in [6.07, 6.45) is 7.85. The molecule has 2 aliphatic rings. The quantitative estimate of drug-likeness (QED) is 0.725. The van der Waals surface area contributed by atoms with Gasteiger partial charge in [-0.25, -0.2) is 0 Å². The van der Waals surface area contributed by atoms with Gasteiger partial charge in [-0.3, -0.25) is 4.79 Å². The van der Waals surface area contributed by atoms with Crippen molar-refractivity contribution in [1.82, 2.24) is 10.6 Å². The third kappa shape index (κ3) is 4.94. The molecule has 0 aromatic carbocycles. The van der Waals surface area contributed by atoms with Crippen LogP contribution in [0.2, 0.25) is 0 Å². The molecular weight excluding hydrogens is 228 g/mol. The van der Waals surface area contributed by atoms with Gasteiger partial charge in [0.25, 0.3) is 0 Å². The first-order chi connectivity index (χ1) is 8.78. The van der Waals surface area contributed by atoms with Crippen molar-refractivity contribution in [3.05, 3.63) is 0 Å². The molecule has 0 radical (unpaired) electrons. The Balaban J connectivity index is 1.50. The molecule has 104 valence electrons. The van der Waals surface area contributed by atoms with Crippen molar-refractivity contribution in [2.24, 2.45) is 0 Å². The highest BCUT2D eigenvalue weighted by atomic mass is 16.5. The van der Waals surface area contributed by atoms with Gasteiger partial charge in [-0.2, -0.15) is 0 Å². The molecule has 18 heavy (non-hydrogen) atoms. The van der Waals surface area contributed by atoms with Gasteiger partial charge in [0.15, 0.2) is 0 Å². The van der Waals surface area contributed by atoms with E-state index in [-0.39, 0.29) is 5.91 Å². The average molecular weight is 254 g/mol. The normalized spacial score (nSPS) is 28.1. The van der Waals surface area contributed by atoms with E-state index in [2.05, 4.69) is 17.6 Å². The number of hydrogen-bond donors (Lipinski definition) is 2. The standard InChI is InChI=1S/C14H26N2O2/c1-2-15-11-5-7-13(8-6-11)18-10-9-14(17)16-12-3-4-12/h11-13,15H,2-10H2,1H3,(H,16,17). The van der Waals surface area contributed by atoms with Crippen LogP contribution in [-0.4, -0.2) is 37.2 Å². The second-order valence-corrected chi connectivity index (χ2v) is 5.49. The van der Waals surface area contributed by atoms with Crippen molar-refractivity contribution in [1.29, 1.82) is 0 Å². The molecule has 2 fully saturated rings. The van der Waals surface area contributed by atoms with Crippen molar-refractivity contribution >= 4 is 5.91 Å². The minimum absolute atomic E-state index is 0.152. The molecule has 1 amide bonds. The predicted octanol–water partition coefficient (Wildman–Crippen LogP) is 1.59. The minimum atomic E-state index is 0.152. The van der Waals surface area contributed by atoms with Crippen LogP contribution >= 0.6 is 0 Å². The van der Waals surface area contributed by atoms with Crippen LogP contribution in [-0.2, 0) is 9.53 Å². The van der Waals surface area contributed by atoms with Crippen molar-refractivity contribution in [2.75, 3.05) is 13.2 Å². The third-order valence-electron chi connectivity index (χ3n) is 3.79. The van der Waals surface area contributed by atoms with E-state index >= 15 is 0 Å². The lowest BCUT2D eigenvalue weighted by Crippen LogP contribution is -2.35. The van der Waals surface area contributed by atoms with E-state index in [9.17, 15) is 4.79 Å². The zero-order chi connectivity index (χ0) is 12.8. The Kier molecular flexibility index (Phi) is 5.45. The van der Waals surface area contributed by atoms with Gasteiger partial charge in [-0.1, -0.05) is 6.92 Å². The van der Waals surface area contributed by atoms with Crippen molar-refractivity contribution in [3.63, 3.8) is 0 Å². The first-order valence-corrected chi connectivity index (χ1v) is 7.42. The zero-order valence-corrected chi connectivity index (χ0v) is 11.4. The Labute approximate surface area is 110 Å². The Morgan fingerprint density at radius 2 is 1.78 bits per heavy atom. The van der Waals surface area contributed by atoms with E-state index in [1.807, 2.05) is 0 Å². The van der Waals surface area contributed by atoms with Crippen LogP contribution in [0, 0.1) is 0 Å². The number of hydrogen-bond acceptors (Lipinski definition) is 3. The van der Waals surface area contributed by atoms with Gasteiger partial charge < -0.3 is 15.4 Å². The Morgan fingerprint density at radius 3 is 2.39 bits per heavy atom. The first kappa shape index (κ1) is 13.8. The fourth-order valence-corrected chi connectivity index (χ4v) is 2.57. The molecule has 0 heterocycles. The zero-order valence-electron chi connectivity index (χ0n) is 11.4. The van der Waals surface area contributed by atoms with E-state index in [4.69, 9.17) is 4.74 Å². The lowest BCUT2D eigenvalue weighted by molar-refractivity contribution is -0.123. The highest BCUT2D eigenvalue weighted by molar-refractivity contribution is 5.76. The summed E-state index contributed by atoms with van der Waals surface area (Å²) in [5.74, 6) is 0.152. The Hall–Kier alpha value is -0.610. The number of carbonyl (C=O) groups is 1. The second kappa shape index (κ2) is 7.10. The highest BCUT2D eigenvalue weighted by Gasteiger charge is 2.24. The molecule has 0 aromatic rings. The summed E-state index contributed by atoms with van der Waals surface area (Å²) in [4.78, 5) is 11.5. The molecule has 4 nitrogen and oxygen atoms in total. The van der Waals surface area contributed by atoms with E-state index < -0.39 is 0 Å². The lowest BCUT2D eigenvalue weighted by atomic mass is 9.93. The van der Waals surface area contributed by atoms with Gasteiger partial charge in [-0.05, 0) is 45.1 Å². The van der Waals surface area contributed by atoms with Crippen molar-refractivity contribution in [3.8, 4) is 0 Å². The predicted molar refractivity (Wildman–Crippen MR) is 71.5 cm³/mol. The lowest BCUT2D eigenvalue weighted by Gasteiger charge is -2.28. The summed E-state index contributed by atoms with van der Waals surface area (Å²) in [6.45, 7) is 3.79. The molecular formula is C14H26N2O2. The molecule has 0 unspecified atom stereocenters. The fraction of sp³-hybridized carbons (Fsp3) is 0.929. The number of carbonyl (C=O) groups excluding carboxylic acids is 1. The minimum Gasteiger partial charge on any atom is -0.378 e. The monoisotopic (exact) mass is 254 g/mol. The van der Waals surface area contributed by atoms with E-state index in [1.165, 1.54) is 12.8 Å². The van der Waals surface area contributed by atoms with E-state index in [0.29, 0.717) is 31.2 Å². The maximum absolute atomic E-state index is 11.5. The molecule has 2 rings (SSSR count). The van der Waals surface area contributed by atoms with Gasteiger partial charge in [0.1, 0.15) is 0 Å². The number of nitrogens with one attached hydrogen (secondary N) is 2. The van der Waals surface area contributed by atoms with Crippen molar-refractivity contribution in [2.45, 2.75) is 70.1 Å². The molecule has 0 aliphatic heterocycles. The molecule has 0 spiro atoms. The van der Waals surface area contributed by atoms with E-state index in [1.54, 1.807) is 0 Å². The Morgan fingerprint density at radius 1 is 1.11 bits per heavy atom. The molecule has 0 saturated heterocycles. The summed E-state index contributed by atoms with van der Waals surface area (Å²) < 4.78 is 5.79. The smallest absolute Gasteiger partial charge is 0.222 e. The molecule has 2 aliphatic carbocycles. The van der Waals surface area contributed by atoms with Crippen LogP contribution in [0.25, 0.3) is 0 Å². The third-order valence-corrected chi connectivity index (χ3v) is 3.79. The van der Waals surface area contributed by atoms with Gasteiger partial charge in [0.2, 0.25) is 5.91 Å². The molecule has 2 N–H and O–H groups in total. The van der Waals surface area contributed by atoms with Crippen LogP contribution in [0.5, 0.6) is 0 Å². The summed E-state index contributed by atoms with van der Waals surface area (Å²) in [5, 5.41) is 6.47. The first-order valence-electron chi connectivity index (χ1n) is 7.42. The number of ether oxygens (including phenoxy) is 1. The van der Waals surface area contributed by atoms with Gasteiger partial charge in [0.05, 0.1) is 12.7 Å². The van der Waals surface area contributed by atoms with Gasteiger partial charge in [0, 0.05) is 18.5 Å². The molecule has 4 heteroatoms. The van der Waals surface area contributed by atoms with Crippen LogP contribution in [0.15, 0.2) is 0 Å². The van der Waals surface area contributed by atoms with Crippen LogP contribution in [0.4, 0.5) is 0 Å². The summed E-state index contributed by atoms with van der Waals surface area (Å²) in [6, 6.07) is 1.14. The summed E-state index contributed by atoms with van der Waals surface area (Å²) >= 11 is 0. The molecule has 0 atom stereocenters. The SMILES string of the molecule is CCNC1CCC(OCCC(=O)NC2CC2)CC1.